The van der Waals surface area contributed by atoms with Crippen LogP contribution in [0.4, 0.5) is 0 Å². The van der Waals surface area contributed by atoms with Crippen molar-refractivity contribution in [2.75, 3.05) is 0 Å². The Balaban J connectivity index is 1.90. The van der Waals surface area contributed by atoms with Crippen molar-refractivity contribution in [3.63, 3.8) is 0 Å². The molecule has 0 radical (unpaired) electrons. The largest absolute Gasteiger partial charge is 0.508 e. The predicted molar refractivity (Wildman–Crippen MR) is 74.9 cm³/mol. The lowest BCUT2D eigenvalue weighted by molar-refractivity contribution is -0.121. The number of rotatable bonds is 3. The highest BCUT2D eigenvalue weighted by Gasteiger charge is 2.24. The van der Waals surface area contributed by atoms with Crippen molar-refractivity contribution in [2.24, 2.45) is 0 Å². The van der Waals surface area contributed by atoms with Crippen molar-refractivity contribution in [3.05, 3.63) is 29.8 Å². The highest BCUT2D eigenvalue weighted by molar-refractivity contribution is 9.09. The molecule has 98 valence electrons. The Morgan fingerprint density at radius 1 is 1.33 bits per heavy atom. The number of halogens is 1. The number of amides is 1. The van der Waals surface area contributed by atoms with E-state index in [1.165, 1.54) is 12.8 Å². The van der Waals surface area contributed by atoms with E-state index in [4.69, 9.17) is 0 Å². The van der Waals surface area contributed by atoms with E-state index in [-0.39, 0.29) is 24.1 Å². The summed E-state index contributed by atoms with van der Waals surface area (Å²) in [6.45, 7) is 0. The van der Waals surface area contributed by atoms with Crippen LogP contribution in [0.25, 0.3) is 0 Å². The molecule has 1 amide bonds. The highest BCUT2D eigenvalue weighted by atomic mass is 79.9. The summed E-state index contributed by atoms with van der Waals surface area (Å²) in [7, 11) is 0. The minimum absolute atomic E-state index is 0.0205. The lowest BCUT2D eigenvalue weighted by Gasteiger charge is -2.28. The molecule has 2 unspecified atom stereocenters. The van der Waals surface area contributed by atoms with Crippen LogP contribution in [0.5, 0.6) is 5.75 Å². The average Bonchev–Trinajstić information content (AvgIpc) is 2.35. The average molecular weight is 312 g/mol. The van der Waals surface area contributed by atoms with Crippen LogP contribution in [-0.4, -0.2) is 21.9 Å². The van der Waals surface area contributed by atoms with Crippen molar-refractivity contribution < 1.29 is 9.90 Å². The molecular weight excluding hydrogens is 294 g/mol. The van der Waals surface area contributed by atoms with Crippen LogP contribution in [0.15, 0.2) is 24.3 Å². The summed E-state index contributed by atoms with van der Waals surface area (Å²) >= 11 is 3.62. The van der Waals surface area contributed by atoms with E-state index < -0.39 is 0 Å². The fourth-order valence-corrected chi connectivity index (χ4v) is 3.06. The number of carbonyl (C=O) groups excluding carboxylic acids is 1. The molecule has 1 aromatic carbocycles. The minimum Gasteiger partial charge on any atom is -0.508 e. The number of nitrogens with one attached hydrogen (secondary N) is 1. The van der Waals surface area contributed by atoms with E-state index in [9.17, 15) is 9.90 Å². The standard InChI is InChI=1S/C14H18BrNO2/c15-11-6-2-3-7-12(11)16-14(18)9-10-5-1-4-8-13(10)17/h1,4-5,8,11-12,17H,2-3,6-7,9H2,(H,16,18). The van der Waals surface area contributed by atoms with E-state index in [2.05, 4.69) is 21.2 Å². The number of alkyl halides is 1. The first kappa shape index (κ1) is 13.4. The van der Waals surface area contributed by atoms with Gasteiger partial charge in [-0.25, -0.2) is 0 Å². The first-order chi connectivity index (χ1) is 8.66. The predicted octanol–water partition coefficient (Wildman–Crippen LogP) is 2.76. The van der Waals surface area contributed by atoms with E-state index in [1.54, 1.807) is 18.2 Å². The van der Waals surface area contributed by atoms with Gasteiger partial charge in [-0.2, -0.15) is 0 Å². The van der Waals surface area contributed by atoms with Crippen molar-refractivity contribution in [2.45, 2.75) is 43.0 Å². The van der Waals surface area contributed by atoms with E-state index in [0.717, 1.165) is 12.8 Å². The number of hydrogen-bond acceptors (Lipinski definition) is 2. The van der Waals surface area contributed by atoms with Gasteiger partial charge in [0.15, 0.2) is 0 Å². The molecule has 1 aromatic rings. The molecule has 0 aliphatic heterocycles. The van der Waals surface area contributed by atoms with Gasteiger partial charge < -0.3 is 10.4 Å². The number of phenolic OH excluding ortho intramolecular Hbond substituents is 1. The maximum atomic E-state index is 11.9. The zero-order valence-corrected chi connectivity index (χ0v) is 11.8. The van der Waals surface area contributed by atoms with Gasteiger partial charge in [-0.05, 0) is 18.9 Å². The van der Waals surface area contributed by atoms with Gasteiger partial charge in [0.2, 0.25) is 5.91 Å². The quantitative estimate of drug-likeness (QED) is 0.843. The Morgan fingerprint density at radius 2 is 2.06 bits per heavy atom. The number of hydrogen-bond donors (Lipinski definition) is 2. The van der Waals surface area contributed by atoms with Crippen LogP contribution in [0.1, 0.15) is 31.2 Å². The van der Waals surface area contributed by atoms with Crippen LogP contribution >= 0.6 is 15.9 Å². The van der Waals surface area contributed by atoms with Gasteiger partial charge in [-0.15, -0.1) is 0 Å². The van der Waals surface area contributed by atoms with Crippen molar-refractivity contribution in [1.29, 1.82) is 0 Å². The number of carbonyl (C=O) groups is 1. The van der Waals surface area contributed by atoms with Gasteiger partial charge in [-0.3, -0.25) is 4.79 Å². The smallest absolute Gasteiger partial charge is 0.224 e. The van der Waals surface area contributed by atoms with Crippen molar-refractivity contribution in [3.8, 4) is 5.75 Å². The summed E-state index contributed by atoms with van der Waals surface area (Å²) in [5, 5.41) is 12.7. The number of aromatic hydroxyl groups is 1. The fraction of sp³-hybridized carbons (Fsp3) is 0.500. The van der Waals surface area contributed by atoms with E-state index in [1.807, 2.05) is 6.07 Å². The highest BCUT2D eigenvalue weighted by Crippen LogP contribution is 2.24. The molecule has 2 N–H and O–H groups in total. The normalized spacial score (nSPS) is 23.6. The van der Waals surface area contributed by atoms with Gasteiger partial charge in [-0.1, -0.05) is 47.0 Å². The molecule has 1 fully saturated rings. The number of para-hydroxylation sites is 1. The Labute approximate surface area is 116 Å². The Hall–Kier alpha value is -1.03. The van der Waals surface area contributed by atoms with Gasteiger partial charge in [0.1, 0.15) is 5.75 Å². The Kier molecular flexibility index (Phi) is 4.64. The second kappa shape index (κ2) is 6.23. The summed E-state index contributed by atoms with van der Waals surface area (Å²) < 4.78 is 0. The molecule has 0 spiro atoms. The second-order valence-corrected chi connectivity index (χ2v) is 5.96. The third-order valence-electron chi connectivity index (χ3n) is 3.37. The number of benzene rings is 1. The van der Waals surface area contributed by atoms with Gasteiger partial charge in [0.05, 0.1) is 6.42 Å². The van der Waals surface area contributed by atoms with Crippen LogP contribution < -0.4 is 5.32 Å². The third kappa shape index (κ3) is 3.48. The molecule has 0 aromatic heterocycles. The molecule has 0 heterocycles. The lowest BCUT2D eigenvalue weighted by atomic mass is 9.95. The second-order valence-electron chi connectivity index (χ2n) is 4.78. The van der Waals surface area contributed by atoms with E-state index in [0.29, 0.717) is 10.4 Å². The van der Waals surface area contributed by atoms with Crippen molar-refractivity contribution in [1.82, 2.24) is 5.32 Å². The SMILES string of the molecule is O=C(Cc1ccccc1O)NC1CCCCC1Br. The molecule has 3 nitrogen and oxygen atoms in total. The van der Waals surface area contributed by atoms with Crippen molar-refractivity contribution >= 4 is 21.8 Å². The van der Waals surface area contributed by atoms with Crippen LogP contribution in [0.2, 0.25) is 0 Å². The summed E-state index contributed by atoms with van der Waals surface area (Å²) in [6.07, 6.45) is 4.78. The molecule has 1 aliphatic rings. The zero-order valence-electron chi connectivity index (χ0n) is 10.2. The molecule has 1 aliphatic carbocycles. The Bertz CT molecular complexity index is 422. The summed E-state index contributed by atoms with van der Waals surface area (Å²) in [4.78, 5) is 12.3. The molecule has 1 saturated carbocycles. The van der Waals surface area contributed by atoms with Crippen LogP contribution in [0, 0.1) is 0 Å². The number of phenols is 1. The molecule has 2 rings (SSSR count). The topological polar surface area (TPSA) is 49.3 Å². The molecular formula is C14H18BrNO2. The zero-order chi connectivity index (χ0) is 13.0. The lowest BCUT2D eigenvalue weighted by Crippen LogP contribution is -2.43. The first-order valence-corrected chi connectivity index (χ1v) is 7.28. The maximum Gasteiger partial charge on any atom is 0.224 e. The Morgan fingerprint density at radius 3 is 2.78 bits per heavy atom. The molecule has 2 atom stereocenters. The monoisotopic (exact) mass is 311 g/mol. The van der Waals surface area contributed by atoms with Crippen LogP contribution in [0.3, 0.4) is 0 Å². The molecule has 0 bridgehead atoms. The molecule has 18 heavy (non-hydrogen) atoms. The first-order valence-electron chi connectivity index (χ1n) is 6.37. The fourth-order valence-electron chi connectivity index (χ4n) is 2.34. The van der Waals surface area contributed by atoms with Gasteiger partial charge >= 0.3 is 0 Å². The maximum absolute atomic E-state index is 11.9. The minimum atomic E-state index is -0.0205. The van der Waals surface area contributed by atoms with Gasteiger partial charge in [0.25, 0.3) is 0 Å². The van der Waals surface area contributed by atoms with E-state index >= 15 is 0 Å². The summed E-state index contributed by atoms with van der Waals surface area (Å²) in [5.74, 6) is 0.166. The molecule has 0 saturated heterocycles. The third-order valence-corrected chi connectivity index (χ3v) is 4.47. The van der Waals surface area contributed by atoms with Crippen LogP contribution in [-0.2, 0) is 11.2 Å². The molecule has 4 heteroatoms. The summed E-state index contributed by atoms with van der Waals surface area (Å²) in [5.41, 5.74) is 0.678. The summed E-state index contributed by atoms with van der Waals surface area (Å²) in [6, 6.07) is 7.19. The van der Waals surface area contributed by atoms with Gasteiger partial charge in [0, 0.05) is 16.4 Å².